The van der Waals surface area contributed by atoms with E-state index in [9.17, 15) is 8.42 Å². The van der Waals surface area contributed by atoms with Gasteiger partial charge in [-0.1, -0.05) is 6.92 Å². The molecule has 0 bridgehead atoms. The fourth-order valence-corrected chi connectivity index (χ4v) is 3.37. The molecule has 1 fully saturated rings. The summed E-state index contributed by atoms with van der Waals surface area (Å²) in [6, 6.07) is 0. The summed E-state index contributed by atoms with van der Waals surface area (Å²) in [6.07, 6.45) is 2.75. The van der Waals surface area contributed by atoms with Crippen LogP contribution in [-0.2, 0) is 10.2 Å². The van der Waals surface area contributed by atoms with Crippen LogP contribution in [0, 0.1) is 5.92 Å². The maximum atomic E-state index is 11.8. The summed E-state index contributed by atoms with van der Waals surface area (Å²) in [7, 11) is -3.26. The minimum absolute atomic E-state index is 0.304. The van der Waals surface area contributed by atoms with Gasteiger partial charge in [-0.25, -0.2) is 4.72 Å². The molecule has 1 unspecified atom stereocenters. The number of nitrogens with zero attached hydrogens (tertiary/aromatic N) is 1. The summed E-state index contributed by atoms with van der Waals surface area (Å²) in [6.45, 7) is 3.62. The third-order valence-corrected chi connectivity index (χ3v) is 4.59. The van der Waals surface area contributed by atoms with Gasteiger partial charge in [-0.2, -0.15) is 12.7 Å². The highest BCUT2D eigenvalue weighted by Gasteiger charge is 2.27. The Bertz CT molecular complexity index is 282. The third-order valence-electron chi connectivity index (χ3n) is 2.57. The van der Waals surface area contributed by atoms with Crippen LogP contribution in [0.3, 0.4) is 0 Å². The van der Waals surface area contributed by atoms with E-state index in [1.807, 2.05) is 6.92 Å². The van der Waals surface area contributed by atoms with Crippen molar-refractivity contribution in [3.63, 3.8) is 0 Å². The Hall–Kier alpha value is 0.160. The maximum absolute atomic E-state index is 11.8. The minimum atomic E-state index is -3.26. The standard InChI is InChI=1S/C9H19ClN2O2S/c1-2-5-11-15(13,14)12-6-3-4-9(7-10)8-12/h9,11H,2-8H2,1H3. The van der Waals surface area contributed by atoms with E-state index < -0.39 is 10.2 Å². The van der Waals surface area contributed by atoms with E-state index in [1.165, 1.54) is 4.31 Å². The van der Waals surface area contributed by atoms with Crippen molar-refractivity contribution in [3.8, 4) is 0 Å². The molecule has 1 aliphatic heterocycles. The van der Waals surface area contributed by atoms with Crippen LogP contribution in [-0.4, -0.2) is 38.2 Å². The summed E-state index contributed by atoms with van der Waals surface area (Å²) in [5, 5.41) is 0. The second-order valence-electron chi connectivity index (χ2n) is 3.92. The average molecular weight is 255 g/mol. The lowest BCUT2D eigenvalue weighted by molar-refractivity contribution is 0.280. The predicted octanol–water partition coefficient (Wildman–Crippen LogP) is 1.18. The minimum Gasteiger partial charge on any atom is -0.202 e. The molecule has 1 heterocycles. The first-order valence-corrected chi connectivity index (χ1v) is 7.38. The van der Waals surface area contributed by atoms with Crippen molar-refractivity contribution >= 4 is 21.8 Å². The Morgan fingerprint density at radius 2 is 2.27 bits per heavy atom. The molecule has 1 aliphatic rings. The summed E-state index contributed by atoms with van der Waals surface area (Å²) in [4.78, 5) is 0. The second kappa shape index (κ2) is 6.03. The van der Waals surface area contributed by atoms with E-state index in [4.69, 9.17) is 11.6 Å². The molecule has 6 heteroatoms. The van der Waals surface area contributed by atoms with Crippen LogP contribution >= 0.6 is 11.6 Å². The monoisotopic (exact) mass is 254 g/mol. The molecular formula is C9H19ClN2O2S. The first kappa shape index (κ1) is 13.2. The van der Waals surface area contributed by atoms with Gasteiger partial charge in [-0.3, -0.25) is 0 Å². The van der Waals surface area contributed by atoms with E-state index in [2.05, 4.69) is 4.72 Å². The van der Waals surface area contributed by atoms with Gasteiger partial charge in [0, 0.05) is 25.5 Å². The third kappa shape index (κ3) is 3.90. The molecule has 90 valence electrons. The molecule has 4 nitrogen and oxygen atoms in total. The highest BCUT2D eigenvalue weighted by molar-refractivity contribution is 7.87. The van der Waals surface area contributed by atoms with Crippen molar-refractivity contribution in [2.45, 2.75) is 26.2 Å². The van der Waals surface area contributed by atoms with Crippen LogP contribution in [0.5, 0.6) is 0 Å². The second-order valence-corrected chi connectivity index (χ2v) is 5.98. The zero-order valence-electron chi connectivity index (χ0n) is 9.08. The Kier molecular flexibility index (Phi) is 5.32. The summed E-state index contributed by atoms with van der Waals surface area (Å²) >= 11 is 5.76. The summed E-state index contributed by atoms with van der Waals surface area (Å²) < 4.78 is 27.6. The molecule has 1 atom stereocenters. The molecule has 1 N–H and O–H groups in total. The predicted molar refractivity (Wildman–Crippen MR) is 62.2 cm³/mol. The van der Waals surface area contributed by atoms with Gasteiger partial charge in [0.25, 0.3) is 10.2 Å². The van der Waals surface area contributed by atoms with Crippen LogP contribution in [0.1, 0.15) is 26.2 Å². The van der Waals surface area contributed by atoms with E-state index in [1.54, 1.807) is 0 Å². The highest BCUT2D eigenvalue weighted by atomic mass is 35.5. The van der Waals surface area contributed by atoms with Gasteiger partial charge in [-0.15, -0.1) is 11.6 Å². The lowest BCUT2D eigenvalue weighted by Gasteiger charge is -2.30. The molecule has 0 aromatic rings. The van der Waals surface area contributed by atoms with Crippen molar-refractivity contribution in [1.29, 1.82) is 0 Å². The van der Waals surface area contributed by atoms with E-state index in [0.29, 0.717) is 31.4 Å². The molecule has 0 amide bonds. The molecule has 15 heavy (non-hydrogen) atoms. The van der Waals surface area contributed by atoms with E-state index in [0.717, 1.165) is 19.3 Å². The molecule has 1 rings (SSSR count). The van der Waals surface area contributed by atoms with Crippen molar-refractivity contribution in [2.24, 2.45) is 5.92 Å². The van der Waals surface area contributed by atoms with Crippen molar-refractivity contribution < 1.29 is 8.42 Å². The summed E-state index contributed by atoms with van der Waals surface area (Å²) in [5.74, 6) is 0.846. The van der Waals surface area contributed by atoms with Gasteiger partial charge in [0.1, 0.15) is 0 Å². The quantitative estimate of drug-likeness (QED) is 0.749. The van der Waals surface area contributed by atoms with E-state index in [-0.39, 0.29) is 0 Å². The number of alkyl halides is 1. The Morgan fingerprint density at radius 3 is 2.87 bits per heavy atom. The van der Waals surface area contributed by atoms with Crippen molar-refractivity contribution in [1.82, 2.24) is 9.03 Å². The van der Waals surface area contributed by atoms with Gasteiger partial charge in [0.15, 0.2) is 0 Å². The highest BCUT2D eigenvalue weighted by Crippen LogP contribution is 2.19. The van der Waals surface area contributed by atoms with Gasteiger partial charge in [-0.05, 0) is 25.2 Å². The number of nitrogens with one attached hydrogen (secondary N) is 1. The number of hydrogen-bond donors (Lipinski definition) is 1. The van der Waals surface area contributed by atoms with Crippen LogP contribution in [0.15, 0.2) is 0 Å². The molecule has 0 spiro atoms. The number of hydrogen-bond acceptors (Lipinski definition) is 2. The SMILES string of the molecule is CCCNS(=O)(=O)N1CCCC(CCl)C1. The topological polar surface area (TPSA) is 49.4 Å². The number of halogens is 1. The average Bonchev–Trinajstić information content (AvgIpc) is 2.26. The Balaban J connectivity index is 2.54. The van der Waals surface area contributed by atoms with Gasteiger partial charge >= 0.3 is 0 Å². The number of rotatable bonds is 5. The smallest absolute Gasteiger partial charge is 0.202 e. The first-order chi connectivity index (χ1) is 7.10. The molecule has 0 aliphatic carbocycles. The molecule has 0 aromatic heterocycles. The Morgan fingerprint density at radius 1 is 1.53 bits per heavy atom. The van der Waals surface area contributed by atoms with Gasteiger partial charge < -0.3 is 0 Å². The first-order valence-electron chi connectivity index (χ1n) is 5.41. The molecule has 1 saturated heterocycles. The van der Waals surface area contributed by atoms with E-state index >= 15 is 0 Å². The van der Waals surface area contributed by atoms with Crippen molar-refractivity contribution in [2.75, 3.05) is 25.5 Å². The maximum Gasteiger partial charge on any atom is 0.279 e. The van der Waals surface area contributed by atoms with Gasteiger partial charge in [0.05, 0.1) is 0 Å². The fourth-order valence-electron chi connectivity index (χ4n) is 1.69. The summed E-state index contributed by atoms with van der Waals surface area (Å²) in [5.41, 5.74) is 0. The largest absolute Gasteiger partial charge is 0.279 e. The van der Waals surface area contributed by atoms with Gasteiger partial charge in [0.2, 0.25) is 0 Å². The molecule has 0 radical (unpaired) electrons. The van der Waals surface area contributed by atoms with Crippen molar-refractivity contribution in [3.05, 3.63) is 0 Å². The zero-order valence-corrected chi connectivity index (χ0v) is 10.6. The fraction of sp³-hybridized carbons (Fsp3) is 1.00. The molecule has 0 saturated carbocycles. The van der Waals surface area contributed by atoms with Crippen LogP contribution in [0.25, 0.3) is 0 Å². The van der Waals surface area contributed by atoms with Crippen LogP contribution < -0.4 is 4.72 Å². The lowest BCUT2D eigenvalue weighted by atomic mass is 10.0. The van der Waals surface area contributed by atoms with Crippen LogP contribution in [0.2, 0.25) is 0 Å². The van der Waals surface area contributed by atoms with Crippen LogP contribution in [0.4, 0.5) is 0 Å². The number of piperidine rings is 1. The molecular weight excluding hydrogens is 236 g/mol. The Labute approximate surface area is 97.2 Å². The zero-order chi connectivity index (χ0) is 11.3. The normalized spacial score (nSPS) is 24.3. The lowest BCUT2D eigenvalue weighted by Crippen LogP contribution is -2.46. The molecule has 0 aromatic carbocycles.